The molecule has 1 saturated heterocycles. The van der Waals surface area contributed by atoms with E-state index in [-0.39, 0.29) is 39.1 Å². The second kappa shape index (κ2) is 7.07. The molecule has 23 heavy (non-hydrogen) atoms. The van der Waals surface area contributed by atoms with Crippen LogP contribution in [-0.4, -0.2) is 59.2 Å². The quantitative estimate of drug-likeness (QED) is 0.867. The highest BCUT2D eigenvalue weighted by Crippen LogP contribution is 2.38. The van der Waals surface area contributed by atoms with Gasteiger partial charge in [0.25, 0.3) is 0 Å². The zero-order valence-electron chi connectivity index (χ0n) is 13.0. The van der Waals surface area contributed by atoms with E-state index in [4.69, 9.17) is 4.74 Å². The molecule has 0 bridgehead atoms. The summed E-state index contributed by atoms with van der Waals surface area (Å²) in [5.41, 5.74) is -1.65. The number of hydrogen-bond acceptors (Lipinski definition) is 4. The van der Waals surface area contributed by atoms with Crippen LogP contribution in [0.1, 0.15) is 18.4 Å². The summed E-state index contributed by atoms with van der Waals surface area (Å²) in [4.78, 5) is 1.71. The predicted molar refractivity (Wildman–Crippen MR) is 79.4 cm³/mol. The Labute approximate surface area is 133 Å². The number of aryl methyl sites for hydroxylation is 1. The largest absolute Gasteiger partial charge is 0.491 e. The third kappa shape index (κ3) is 4.59. The monoisotopic (exact) mass is 333 g/mol. The molecule has 0 amide bonds. The van der Waals surface area contributed by atoms with Gasteiger partial charge in [0, 0.05) is 19.6 Å². The number of piperidine rings is 1. The number of likely N-dealkylation sites (tertiary alicyclic amines) is 1. The average molecular weight is 333 g/mol. The molecule has 1 aliphatic rings. The molecule has 7 heteroatoms. The standard InChI is InChI=1S/C16H22F3NO3/c1-12-4-2-3-5-14(12)23-11-13(21)10-20-8-6-15(22,7-9-20)16(17,18)19/h2-5,13,21-22H,6-11H2,1H3. The highest BCUT2D eigenvalue weighted by atomic mass is 19.4. The summed E-state index contributed by atoms with van der Waals surface area (Å²) in [6, 6.07) is 7.40. The highest BCUT2D eigenvalue weighted by Gasteiger charge is 2.54. The molecule has 0 aromatic heterocycles. The first-order valence-corrected chi connectivity index (χ1v) is 7.59. The van der Waals surface area contributed by atoms with Crippen LogP contribution < -0.4 is 4.74 Å². The van der Waals surface area contributed by atoms with Gasteiger partial charge in [0.1, 0.15) is 18.5 Å². The van der Waals surface area contributed by atoms with Crippen LogP contribution in [0.3, 0.4) is 0 Å². The summed E-state index contributed by atoms with van der Waals surface area (Å²) in [7, 11) is 0. The molecule has 0 radical (unpaired) electrons. The molecule has 130 valence electrons. The van der Waals surface area contributed by atoms with Gasteiger partial charge in [0.05, 0.1) is 0 Å². The molecule has 1 heterocycles. The van der Waals surface area contributed by atoms with Gasteiger partial charge < -0.3 is 19.8 Å². The van der Waals surface area contributed by atoms with Gasteiger partial charge in [0.15, 0.2) is 5.60 Å². The van der Waals surface area contributed by atoms with Crippen LogP contribution in [0.15, 0.2) is 24.3 Å². The van der Waals surface area contributed by atoms with E-state index in [2.05, 4.69) is 0 Å². The second-order valence-corrected chi connectivity index (χ2v) is 6.06. The van der Waals surface area contributed by atoms with E-state index in [9.17, 15) is 23.4 Å². The Hall–Kier alpha value is -1.31. The molecule has 1 aromatic carbocycles. The van der Waals surface area contributed by atoms with E-state index in [1.165, 1.54) is 0 Å². The van der Waals surface area contributed by atoms with Crippen molar-refractivity contribution in [2.24, 2.45) is 0 Å². The normalized spacial score (nSPS) is 20.3. The number of aliphatic hydroxyl groups is 2. The Balaban J connectivity index is 1.77. The molecule has 1 aromatic rings. The number of para-hydroxylation sites is 1. The predicted octanol–water partition coefficient (Wildman–Crippen LogP) is 2.12. The van der Waals surface area contributed by atoms with Gasteiger partial charge in [-0.2, -0.15) is 13.2 Å². The minimum atomic E-state index is -4.61. The van der Waals surface area contributed by atoms with Crippen molar-refractivity contribution in [1.29, 1.82) is 0 Å². The van der Waals surface area contributed by atoms with Crippen molar-refractivity contribution in [2.75, 3.05) is 26.2 Å². The molecule has 1 unspecified atom stereocenters. The van der Waals surface area contributed by atoms with Crippen molar-refractivity contribution < 1.29 is 28.1 Å². The van der Waals surface area contributed by atoms with Gasteiger partial charge in [0.2, 0.25) is 0 Å². The van der Waals surface area contributed by atoms with Crippen molar-refractivity contribution >= 4 is 0 Å². The smallest absolute Gasteiger partial charge is 0.417 e. The molecule has 1 aliphatic heterocycles. The Kier molecular flexibility index (Phi) is 5.54. The van der Waals surface area contributed by atoms with Gasteiger partial charge in [-0.25, -0.2) is 0 Å². The molecule has 1 fully saturated rings. The lowest BCUT2D eigenvalue weighted by Gasteiger charge is -2.39. The van der Waals surface area contributed by atoms with E-state index in [0.29, 0.717) is 5.75 Å². The number of ether oxygens (including phenoxy) is 1. The summed E-state index contributed by atoms with van der Waals surface area (Å²) in [6.07, 6.45) is -6.15. The highest BCUT2D eigenvalue weighted by molar-refractivity contribution is 5.31. The number of nitrogens with zero attached hydrogens (tertiary/aromatic N) is 1. The van der Waals surface area contributed by atoms with Crippen molar-refractivity contribution in [2.45, 2.75) is 37.6 Å². The summed E-state index contributed by atoms with van der Waals surface area (Å²) >= 11 is 0. The first-order valence-electron chi connectivity index (χ1n) is 7.59. The number of β-amino-alcohol motifs (C(OH)–C–C–N with tert-alkyl or cyclic N) is 1. The van der Waals surface area contributed by atoms with Crippen molar-refractivity contribution in [3.05, 3.63) is 29.8 Å². The third-order valence-corrected chi connectivity index (χ3v) is 4.20. The Morgan fingerprint density at radius 3 is 2.43 bits per heavy atom. The topological polar surface area (TPSA) is 52.9 Å². The number of aliphatic hydroxyl groups excluding tert-OH is 1. The SMILES string of the molecule is Cc1ccccc1OCC(O)CN1CCC(O)(C(F)(F)F)CC1. The number of halogens is 3. The molecular formula is C16H22F3NO3. The zero-order chi connectivity index (χ0) is 17.1. The van der Waals surface area contributed by atoms with Crippen LogP contribution in [0.2, 0.25) is 0 Å². The van der Waals surface area contributed by atoms with E-state index >= 15 is 0 Å². The number of hydrogen-bond donors (Lipinski definition) is 2. The van der Waals surface area contributed by atoms with Crippen LogP contribution in [0.5, 0.6) is 5.75 Å². The number of rotatable bonds is 5. The van der Waals surface area contributed by atoms with Crippen LogP contribution in [0, 0.1) is 6.92 Å². The summed E-state index contributed by atoms with van der Waals surface area (Å²) < 4.78 is 43.7. The Morgan fingerprint density at radius 1 is 1.26 bits per heavy atom. The maximum atomic E-state index is 12.7. The second-order valence-electron chi connectivity index (χ2n) is 6.06. The van der Waals surface area contributed by atoms with Crippen LogP contribution in [0.4, 0.5) is 13.2 Å². The van der Waals surface area contributed by atoms with Crippen molar-refractivity contribution in [1.82, 2.24) is 4.90 Å². The minimum Gasteiger partial charge on any atom is -0.491 e. The summed E-state index contributed by atoms with van der Waals surface area (Å²) in [5, 5.41) is 19.6. The first kappa shape index (κ1) is 18.0. The lowest BCUT2D eigenvalue weighted by molar-refractivity contribution is -0.273. The van der Waals surface area contributed by atoms with Crippen molar-refractivity contribution in [3.63, 3.8) is 0 Å². The molecule has 0 spiro atoms. The maximum absolute atomic E-state index is 12.7. The van der Waals surface area contributed by atoms with Gasteiger partial charge in [-0.15, -0.1) is 0 Å². The molecule has 2 rings (SSSR count). The Bertz CT molecular complexity index is 514. The molecular weight excluding hydrogens is 311 g/mol. The van der Waals surface area contributed by atoms with Crippen LogP contribution >= 0.6 is 0 Å². The van der Waals surface area contributed by atoms with Gasteiger partial charge in [-0.1, -0.05) is 18.2 Å². The lowest BCUT2D eigenvalue weighted by atomic mass is 9.90. The summed E-state index contributed by atoms with van der Waals surface area (Å²) in [5.74, 6) is 0.677. The number of alkyl halides is 3. The van der Waals surface area contributed by atoms with E-state index < -0.39 is 17.9 Å². The van der Waals surface area contributed by atoms with Crippen molar-refractivity contribution in [3.8, 4) is 5.75 Å². The molecule has 0 aliphatic carbocycles. The van der Waals surface area contributed by atoms with E-state index in [1.54, 1.807) is 11.0 Å². The van der Waals surface area contributed by atoms with Crippen LogP contribution in [0.25, 0.3) is 0 Å². The van der Waals surface area contributed by atoms with Gasteiger partial charge in [-0.3, -0.25) is 0 Å². The molecule has 1 atom stereocenters. The molecule has 0 saturated carbocycles. The summed E-state index contributed by atoms with van der Waals surface area (Å²) in [6.45, 7) is 2.38. The maximum Gasteiger partial charge on any atom is 0.417 e. The lowest BCUT2D eigenvalue weighted by Crippen LogP contribution is -2.54. The van der Waals surface area contributed by atoms with Crippen LogP contribution in [-0.2, 0) is 0 Å². The average Bonchev–Trinajstić information content (AvgIpc) is 2.48. The third-order valence-electron chi connectivity index (χ3n) is 4.20. The zero-order valence-corrected chi connectivity index (χ0v) is 13.0. The fraction of sp³-hybridized carbons (Fsp3) is 0.625. The first-order chi connectivity index (χ1) is 10.7. The number of benzene rings is 1. The van der Waals surface area contributed by atoms with Gasteiger partial charge >= 0.3 is 6.18 Å². The van der Waals surface area contributed by atoms with E-state index in [1.807, 2.05) is 25.1 Å². The fourth-order valence-corrected chi connectivity index (χ4v) is 2.64. The van der Waals surface area contributed by atoms with Gasteiger partial charge in [-0.05, 0) is 31.4 Å². The molecule has 4 nitrogen and oxygen atoms in total. The fourth-order valence-electron chi connectivity index (χ4n) is 2.64. The van der Waals surface area contributed by atoms with E-state index in [0.717, 1.165) is 5.56 Å². The minimum absolute atomic E-state index is 0.0743. The molecule has 2 N–H and O–H groups in total. The Morgan fingerprint density at radius 2 is 1.87 bits per heavy atom.